The molecule has 0 aliphatic carbocycles. The van der Waals surface area contributed by atoms with Crippen LogP contribution in [0.2, 0.25) is 0 Å². The zero-order chi connectivity index (χ0) is 11.2. The van der Waals surface area contributed by atoms with Gasteiger partial charge in [0.1, 0.15) is 12.9 Å². The summed E-state index contributed by atoms with van der Waals surface area (Å²) in [6.07, 6.45) is 0.703. The van der Waals surface area contributed by atoms with Crippen LogP contribution in [0.1, 0.15) is 27.7 Å². The lowest BCUT2D eigenvalue weighted by molar-refractivity contribution is -0.123. The highest BCUT2D eigenvalue weighted by atomic mass is 16.7. The number of carbonyl (C=O) groups is 1. The largest absolute Gasteiger partial charge is 0.374 e. The van der Waals surface area contributed by atoms with Gasteiger partial charge in [0.05, 0.1) is 0 Å². The van der Waals surface area contributed by atoms with Gasteiger partial charge in [0, 0.05) is 19.8 Å². The van der Waals surface area contributed by atoms with E-state index in [1.807, 2.05) is 27.7 Å². The topological polar surface area (TPSA) is 44.8 Å². The average molecular weight is 206 g/mol. The molecule has 0 saturated heterocycles. The van der Waals surface area contributed by atoms with Crippen LogP contribution in [0.5, 0.6) is 0 Å². The van der Waals surface area contributed by atoms with Crippen molar-refractivity contribution in [1.82, 2.24) is 0 Å². The summed E-state index contributed by atoms with van der Waals surface area (Å²) in [6.45, 7) is 9.96. The van der Waals surface area contributed by atoms with Gasteiger partial charge in [-0.2, -0.15) is 0 Å². The van der Waals surface area contributed by atoms with Gasteiger partial charge in [-0.3, -0.25) is 0 Å². The van der Waals surface area contributed by atoms with Crippen molar-refractivity contribution in [3.63, 3.8) is 0 Å². The summed E-state index contributed by atoms with van der Waals surface area (Å²) in [5.74, 6) is 0. The highest BCUT2D eigenvalue weighted by Gasteiger charge is 1.94. The summed E-state index contributed by atoms with van der Waals surface area (Å²) in [5.41, 5.74) is 0. The molecule has 4 nitrogen and oxygen atoms in total. The van der Waals surface area contributed by atoms with E-state index < -0.39 is 0 Å². The Morgan fingerprint density at radius 3 is 1.79 bits per heavy atom. The monoisotopic (exact) mass is 206 g/mol. The molecular formula is C10H22O4. The van der Waals surface area contributed by atoms with E-state index in [1.54, 1.807) is 0 Å². The van der Waals surface area contributed by atoms with Crippen molar-refractivity contribution in [3.8, 4) is 0 Å². The maximum absolute atomic E-state index is 9.44. The maximum Gasteiger partial charge on any atom is 0.154 e. The summed E-state index contributed by atoms with van der Waals surface area (Å²) in [4.78, 5) is 9.44. The maximum atomic E-state index is 9.44. The molecule has 4 heteroatoms. The van der Waals surface area contributed by atoms with E-state index in [1.165, 1.54) is 0 Å². The summed E-state index contributed by atoms with van der Waals surface area (Å²) >= 11 is 0. The van der Waals surface area contributed by atoms with Gasteiger partial charge in [-0.25, -0.2) is 0 Å². The molecule has 0 aliphatic heterocycles. The Bertz CT molecular complexity index is 100. The lowest BCUT2D eigenvalue weighted by atomic mass is 10.7. The van der Waals surface area contributed by atoms with Gasteiger partial charge >= 0.3 is 0 Å². The fourth-order valence-corrected chi connectivity index (χ4v) is 0.683. The number of ether oxygens (including phenoxy) is 3. The van der Waals surface area contributed by atoms with Gasteiger partial charge in [0.2, 0.25) is 0 Å². The van der Waals surface area contributed by atoms with Crippen molar-refractivity contribution in [2.45, 2.75) is 34.0 Å². The molecule has 0 heterocycles. The van der Waals surface area contributed by atoms with E-state index in [2.05, 4.69) is 4.74 Å². The minimum Gasteiger partial charge on any atom is -0.374 e. The Hall–Kier alpha value is -0.450. The van der Waals surface area contributed by atoms with Gasteiger partial charge < -0.3 is 19.0 Å². The molecule has 0 unspecified atom stereocenters. The second kappa shape index (κ2) is 15.0. The van der Waals surface area contributed by atoms with E-state index in [0.717, 1.165) is 19.5 Å². The Morgan fingerprint density at radius 2 is 1.57 bits per heavy atom. The quantitative estimate of drug-likeness (QED) is 0.361. The zero-order valence-electron chi connectivity index (χ0n) is 9.62. The molecule has 0 radical (unpaired) electrons. The van der Waals surface area contributed by atoms with E-state index in [0.29, 0.717) is 6.61 Å². The van der Waals surface area contributed by atoms with Crippen molar-refractivity contribution < 1.29 is 19.0 Å². The first-order valence-electron chi connectivity index (χ1n) is 4.97. The van der Waals surface area contributed by atoms with Crippen LogP contribution in [0.3, 0.4) is 0 Å². The van der Waals surface area contributed by atoms with Crippen molar-refractivity contribution in [1.29, 1.82) is 0 Å². The van der Waals surface area contributed by atoms with Gasteiger partial charge in [-0.1, -0.05) is 0 Å². The van der Waals surface area contributed by atoms with Crippen LogP contribution in [0.25, 0.3) is 0 Å². The van der Waals surface area contributed by atoms with Crippen molar-refractivity contribution in [2.24, 2.45) is 0 Å². The van der Waals surface area contributed by atoms with Gasteiger partial charge in [0.15, 0.2) is 6.29 Å². The van der Waals surface area contributed by atoms with E-state index in [4.69, 9.17) is 9.47 Å². The number of hydrogen-bond acceptors (Lipinski definition) is 4. The molecule has 0 bridgehead atoms. The molecule has 0 aliphatic rings. The molecule has 0 aromatic rings. The third kappa shape index (κ3) is 17.6. The first-order chi connectivity index (χ1) is 6.72. The average Bonchev–Trinajstić information content (AvgIpc) is 2.16. The van der Waals surface area contributed by atoms with Crippen LogP contribution in [0.4, 0.5) is 0 Å². The van der Waals surface area contributed by atoms with Crippen molar-refractivity contribution >= 4 is 6.29 Å². The highest BCUT2D eigenvalue weighted by Crippen LogP contribution is 1.90. The fourth-order valence-electron chi connectivity index (χ4n) is 0.683. The molecule has 0 rings (SSSR count). The molecule has 14 heavy (non-hydrogen) atoms. The SMILES string of the molecule is CCOC(C)OCC.CCOCC=O. The van der Waals surface area contributed by atoms with E-state index in [9.17, 15) is 4.79 Å². The first kappa shape index (κ1) is 16.0. The van der Waals surface area contributed by atoms with Gasteiger partial charge in [0.25, 0.3) is 0 Å². The normalized spacial score (nSPS) is 9.50. The summed E-state index contributed by atoms with van der Waals surface area (Å²) in [6, 6.07) is 0. The highest BCUT2D eigenvalue weighted by molar-refractivity contribution is 5.50. The molecule has 0 atom stereocenters. The fraction of sp³-hybridized carbons (Fsp3) is 0.900. The molecule has 0 N–H and O–H groups in total. The predicted octanol–water partition coefficient (Wildman–Crippen LogP) is 1.63. The van der Waals surface area contributed by atoms with Crippen LogP contribution in [-0.4, -0.2) is 39.0 Å². The van der Waals surface area contributed by atoms with E-state index in [-0.39, 0.29) is 12.9 Å². The van der Waals surface area contributed by atoms with Crippen LogP contribution in [0.15, 0.2) is 0 Å². The molecule has 86 valence electrons. The predicted molar refractivity (Wildman–Crippen MR) is 55.3 cm³/mol. The second-order valence-corrected chi connectivity index (χ2v) is 2.30. The molecular weight excluding hydrogens is 184 g/mol. The molecule has 0 aromatic carbocycles. The third-order valence-electron chi connectivity index (χ3n) is 1.19. The lowest BCUT2D eigenvalue weighted by Gasteiger charge is -2.09. The van der Waals surface area contributed by atoms with Crippen molar-refractivity contribution in [3.05, 3.63) is 0 Å². The third-order valence-corrected chi connectivity index (χ3v) is 1.19. The Morgan fingerprint density at radius 1 is 1.07 bits per heavy atom. The van der Waals surface area contributed by atoms with Crippen LogP contribution in [0, 0.1) is 0 Å². The Labute approximate surface area is 86.5 Å². The summed E-state index contributed by atoms with van der Waals surface area (Å²) in [5, 5.41) is 0. The van der Waals surface area contributed by atoms with Gasteiger partial charge in [-0.15, -0.1) is 0 Å². The summed E-state index contributed by atoms with van der Waals surface area (Å²) < 4.78 is 14.7. The molecule has 0 fully saturated rings. The standard InChI is InChI=1S/C6H14O2.C4H8O2/c1-4-7-6(3)8-5-2;1-2-6-4-3-5/h6H,4-5H2,1-3H3;3H,2,4H2,1H3. The summed E-state index contributed by atoms with van der Waals surface area (Å²) in [7, 11) is 0. The van der Waals surface area contributed by atoms with Crippen molar-refractivity contribution in [2.75, 3.05) is 26.4 Å². The second-order valence-electron chi connectivity index (χ2n) is 2.30. The lowest BCUT2D eigenvalue weighted by Crippen LogP contribution is -2.11. The Kier molecular flexibility index (Phi) is 17.2. The number of rotatable bonds is 7. The number of aldehydes is 1. The number of hydrogen-bond donors (Lipinski definition) is 0. The zero-order valence-corrected chi connectivity index (χ0v) is 9.62. The first-order valence-corrected chi connectivity index (χ1v) is 4.97. The minimum absolute atomic E-state index is 0.0370. The molecule has 0 saturated carbocycles. The Balaban J connectivity index is 0. The molecule has 0 spiro atoms. The van der Waals surface area contributed by atoms with Crippen LogP contribution < -0.4 is 0 Å². The smallest absolute Gasteiger partial charge is 0.154 e. The molecule has 0 aromatic heterocycles. The molecule has 0 amide bonds. The minimum atomic E-state index is -0.0370. The van der Waals surface area contributed by atoms with Crippen LogP contribution >= 0.6 is 0 Å². The van der Waals surface area contributed by atoms with Gasteiger partial charge in [-0.05, 0) is 27.7 Å². The number of carbonyl (C=O) groups excluding carboxylic acids is 1. The van der Waals surface area contributed by atoms with Crippen LogP contribution in [-0.2, 0) is 19.0 Å². The van der Waals surface area contributed by atoms with E-state index >= 15 is 0 Å².